The fourth-order valence-electron chi connectivity index (χ4n) is 3.57. The zero-order chi connectivity index (χ0) is 21.3. The lowest BCUT2D eigenvalue weighted by atomic mass is 10.1. The minimum Gasteiger partial charge on any atom is -0.495 e. The van der Waals surface area contributed by atoms with Gasteiger partial charge in [0.15, 0.2) is 5.82 Å². The van der Waals surface area contributed by atoms with Gasteiger partial charge in [0.1, 0.15) is 17.6 Å². The molecule has 30 heavy (non-hydrogen) atoms. The number of nitrogens with two attached hydrogens (primary N) is 1. The third kappa shape index (κ3) is 3.98. The molecule has 8 heteroatoms. The van der Waals surface area contributed by atoms with Crippen LogP contribution in [-0.2, 0) is 11.3 Å². The topological polar surface area (TPSA) is 86.7 Å². The highest BCUT2D eigenvalue weighted by Crippen LogP contribution is 2.42. The Bertz CT molecular complexity index is 1180. The van der Waals surface area contributed by atoms with Crippen molar-refractivity contribution in [2.75, 3.05) is 26.0 Å². The van der Waals surface area contributed by atoms with Gasteiger partial charge in [-0.25, -0.2) is 9.50 Å². The van der Waals surface area contributed by atoms with E-state index in [1.165, 1.54) is 6.33 Å². The standard InChI is InChI=1S/C22H27N5O2S/c1-13(2)24-5-6-29-11-16-10-17(20-22(23)25-12-26-27(16)20)19-9-15-7-14(3)8-18(28-4)21(15)30-19/h7-10,12-13,24H,5-6,11H2,1-4H3,(H2,23,25,26). The second kappa shape index (κ2) is 8.59. The molecule has 0 spiro atoms. The van der Waals surface area contributed by atoms with Crippen LogP contribution in [0.1, 0.15) is 25.1 Å². The summed E-state index contributed by atoms with van der Waals surface area (Å²) in [7, 11) is 1.71. The van der Waals surface area contributed by atoms with Gasteiger partial charge in [-0.15, -0.1) is 11.3 Å². The van der Waals surface area contributed by atoms with E-state index in [-0.39, 0.29) is 0 Å². The van der Waals surface area contributed by atoms with Crippen LogP contribution in [0.3, 0.4) is 0 Å². The van der Waals surface area contributed by atoms with Crippen LogP contribution in [0, 0.1) is 6.92 Å². The van der Waals surface area contributed by atoms with Crippen LogP contribution in [0.4, 0.5) is 5.82 Å². The average molecular weight is 426 g/mol. The third-order valence-electron chi connectivity index (χ3n) is 4.92. The maximum Gasteiger partial charge on any atom is 0.152 e. The summed E-state index contributed by atoms with van der Waals surface area (Å²) in [5, 5.41) is 8.93. The number of anilines is 1. The maximum absolute atomic E-state index is 6.25. The van der Waals surface area contributed by atoms with Crippen molar-refractivity contribution >= 4 is 32.8 Å². The quantitative estimate of drug-likeness (QED) is 0.415. The molecule has 1 aromatic carbocycles. The van der Waals surface area contributed by atoms with Gasteiger partial charge in [-0.05, 0) is 36.1 Å². The lowest BCUT2D eigenvalue weighted by Gasteiger charge is -2.08. The number of benzene rings is 1. The van der Waals surface area contributed by atoms with E-state index in [9.17, 15) is 0 Å². The molecule has 0 amide bonds. The van der Waals surface area contributed by atoms with E-state index in [4.69, 9.17) is 15.2 Å². The molecule has 0 aliphatic rings. The van der Waals surface area contributed by atoms with Crippen LogP contribution in [0.15, 0.2) is 30.6 Å². The molecule has 0 unspecified atom stereocenters. The smallest absolute Gasteiger partial charge is 0.152 e. The average Bonchev–Trinajstić information content (AvgIpc) is 3.29. The lowest BCUT2D eigenvalue weighted by Crippen LogP contribution is -2.26. The van der Waals surface area contributed by atoms with Crippen LogP contribution >= 0.6 is 11.3 Å². The van der Waals surface area contributed by atoms with E-state index in [1.807, 2.05) is 4.52 Å². The highest BCUT2D eigenvalue weighted by Gasteiger charge is 2.18. The predicted octanol–water partition coefficient (Wildman–Crippen LogP) is 4.02. The second-order valence-corrected chi connectivity index (χ2v) is 8.66. The Morgan fingerprint density at radius 3 is 2.83 bits per heavy atom. The van der Waals surface area contributed by atoms with E-state index in [0.29, 0.717) is 25.1 Å². The summed E-state index contributed by atoms with van der Waals surface area (Å²) in [4.78, 5) is 5.31. The number of hydrogen-bond acceptors (Lipinski definition) is 7. The number of rotatable bonds is 8. The highest BCUT2D eigenvalue weighted by molar-refractivity contribution is 7.22. The van der Waals surface area contributed by atoms with Gasteiger partial charge in [0, 0.05) is 23.0 Å². The molecule has 0 aliphatic carbocycles. The summed E-state index contributed by atoms with van der Waals surface area (Å²) < 4.78 is 14.4. The van der Waals surface area contributed by atoms with Crippen molar-refractivity contribution in [3.63, 3.8) is 0 Å². The first kappa shape index (κ1) is 20.6. The van der Waals surface area contributed by atoms with Crippen molar-refractivity contribution in [3.8, 4) is 16.2 Å². The Morgan fingerprint density at radius 1 is 1.23 bits per heavy atom. The van der Waals surface area contributed by atoms with Gasteiger partial charge in [-0.3, -0.25) is 0 Å². The molecule has 0 bridgehead atoms. The highest BCUT2D eigenvalue weighted by atomic mass is 32.1. The number of aryl methyl sites for hydroxylation is 1. The summed E-state index contributed by atoms with van der Waals surface area (Å²) in [5.74, 6) is 1.34. The van der Waals surface area contributed by atoms with Gasteiger partial charge < -0.3 is 20.5 Å². The molecule has 0 fully saturated rings. The normalized spacial score (nSPS) is 11.8. The molecular formula is C22H27N5O2S. The number of nitrogen functional groups attached to an aromatic ring is 1. The van der Waals surface area contributed by atoms with Crippen molar-refractivity contribution in [2.24, 2.45) is 0 Å². The Hall–Kier alpha value is -2.68. The summed E-state index contributed by atoms with van der Waals surface area (Å²) >= 11 is 1.68. The van der Waals surface area contributed by atoms with E-state index < -0.39 is 0 Å². The molecule has 0 radical (unpaired) electrons. The van der Waals surface area contributed by atoms with Gasteiger partial charge >= 0.3 is 0 Å². The molecule has 3 N–H and O–H groups in total. The van der Waals surface area contributed by atoms with Crippen LogP contribution < -0.4 is 15.8 Å². The zero-order valence-electron chi connectivity index (χ0n) is 17.7. The Kier molecular flexibility index (Phi) is 5.90. The summed E-state index contributed by atoms with van der Waals surface area (Å²) in [6.07, 6.45) is 1.48. The fraction of sp³-hybridized carbons (Fsp3) is 0.364. The molecule has 4 rings (SSSR count). The van der Waals surface area contributed by atoms with Gasteiger partial charge in [-0.1, -0.05) is 19.9 Å². The molecule has 0 atom stereocenters. The van der Waals surface area contributed by atoms with Crippen molar-refractivity contribution in [3.05, 3.63) is 41.9 Å². The minimum atomic E-state index is 0.440. The second-order valence-electron chi connectivity index (χ2n) is 7.61. The monoisotopic (exact) mass is 425 g/mol. The van der Waals surface area contributed by atoms with Gasteiger partial charge in [0.2, 0.25) is 0 Å². The Labute approximate surface area is 179 Å². The zero-order valence-corrected chi connectivity index (χ0v) is 18.5. The number of thiophene rings is 1. The number of nitrogens with one attached hydrogen (secondary N) is 1. The van der Waals surface area contributed by atoms with E-state index in [2.05, 4.69) is 60.4 Å². The van der Waals surface area contributed by atoms with E-state index >= 15 is 0 Å². The van der Waals surface area contributed by atoms with Crippen LogP contribution in [0.5, 0.6) is 5.75 Å². The summed E-state index contributed by atoms with van der Waals surface area (Å²) in [6, 6.07) is 8.94. The van der Waals surface area contributed by atoms with E-state index in [0.717, 1.165) is 49.6 Å². The fourth-order valence-corrected chi connectivity index (χ4v) is 4.72. The van der Waals surface area contributed by atoms with Crippen molar-refractivity contribution in [1.29, 1.82) is 0 Å². The van der Waals surface area contributed by atoms with Gasteiger partial charge in [0.05, 0.1) is 30.7 Å². The Balaban J connectivity index is 1.72. The van der Waals surface area contributed by atoms with Crippen LogP contribution in [0.25, 0.3) is 26.0 Å². The largest absolute Gasteiger partial charge is 0.495 e. The maximum atomic E-state index is 6.25. The number of aromatic nitrogens is 3. The summed E-state index contributed by atoms with van der Waals surface area (Å²) in [6.45, 7) is 8.19. The van der Waals surface area contributed by atoms with Crippen LogP contribution in [0.2, 0.25) is 0 Å². The molecule has 158 valence electrons. The molecule has 3 heterocycles. The molecule has 3 aromatic heterocycles. The van der Waals surface area contributed by atoms with Gasteiger partial charge in [-0.2, -0.15) is 5.10 Å². The number of nitrogens with zero attached hydrogens (tertiary/aromatic N) is 3. The summed E-state index contributed by atoms with van der Waals surface area (Å²) in [5.41, 5.74) is 10.2. The van der Waals surface area contributed by atoms with Crippen LogP contribution in [-0.4, -0.2) is 40.9 Å². The SMILES string of the molecule is COc1cc(C)cc2cc(-c3cc(COCCNC(C)C)n4ncnc(N)c34)sc12. The van der Waals surface area contributed by atoms with Crippen molar-refractivity contribution in [1.82, 2.24) is 19.9 Å². The molecule has 0 saturated carbocycles. The molecule has 0 saturated heterocycles. The van der Waals surface area contributed by atoms with Crippen molar-refractivity contribution < 1.29 is 9.47 Å². The molecule has 0 aliphatic heterocycles. The number of fused-ring (bicyclic) bond motifs is 2. The Morgan fingerprint density at radius 2 is 2.07 bits per heavy atom. The van der Waals surface area contributed by atoms with E-state index in [1.54, 1.807) is 18.4 Å². The third-order valence-corrected chi connectivity index (χ3v) is 6.12. The van der Waals surface area contributed by atoms with Crippen molar-refractivity contribution in [2.45, 2.75) is 33.4 Å². The first-order valence-electron chi connectivity index (χ1n) is 9.98. The predicted molar refractivity (Wildman–Crippen MR) is 122 cm³/mol. The minimum absolute atomic E-state index is 0.440. The molecule has 4 aromatic rings. The number of ether oxygens (including phenoxy) is 2. The lowest BCUT2D eigenvalue weighted by molar-refractivity contribution is 0.118. The number of methoxy groups -OCH3 is 1. The molecule has 7 nitrogen and oxygen atoms in total. The number of hydrogen-bond donors (Lipinski definition) is 2. The van der Waals surface area contributed by atoms with Gasteiger partial charge in [0.25, 0.3) is 0 Å². The first-order chi connectivity index (χ1) is 14.5. The molecular weight excluding hydrogens is 398 g/mol. The first-order valence-corrected chi connectivity index (χ1v) is 10.8.